The normalized spacial score (nSPS) is 12.3. The van der Waals surface area contributed by atoms with E-state index in [0.29, 0.717) is 16.9 Å². The van der Waals surface area contributed by atoms with E-state index in [-0.39, 0.29) is 11.6 Å². The maximum Gasteiger partial charge on any atom is 0.168 e. The van der Waals surface area contributed by atoms with E-state index in [1.54, 1.807) is 13.0 Å². The van der Waals surface area contributed by atoms with Crippen LogP contribution in [0.5, 0.6) is 11.5 Å². The Bertz CT molecular complexity index is 595. The molecule has 0 bridgehead atoms. The monoisotopic (exact) mass is 264 g/mol. The van der Waals surface area contributed by atoms with Crippen LogP contribution in [0.4, 0.5) is 8.78 Å². The number of halogens is 2. The summed E-state index contributed by atoms with van der Waals surface area (Å²) in [6.07, 6.45) is -0.854. The number of para-hydroxylation sites is 1. The van der Waals surface area contributed by atoms with Crippen molar-refractivity contribution in [2.45, 2.75) is 20.0 Å². The van der Waals surface area contributed by atoms with Gasteiger partial charge in [0.15, 0.2) is 11.6 Å². The molecule has 1 atom stereocenters. The van der Waals surface area contributed by atoms with Gasteiger partial charge in [0.05, 0.1) is 6.10 Å². The van der Waals surface area contributed by atoms with Crippen molar-refractivity contribution < 1.29 is 18.6 Å². The van der Waals surface area contributed by atoms with Gasteiger partial charge in [-0.25, -0.2) is 8.78 Å². The van der Waals surface area contributed by atoms with Crippen LogP contribution < -0.4 is 4.74 Å². The standard InChI is InChI=1S/C15H14F2O2/c1-9-8-11(6-7-13(9)16)19-15-12(10(2)18)4-3-5-14(15)17/h3-8,10,18H,1-2H3/t10-/m1/s1. The van der Waals surface area contributed by atoms with E-state index in [1.165, 1.54) is 37.3 Å². The summed E-state index contributed by atoms with van der Waals surface area (Å²) in [4.78, 5) is 0. The van der Waals surface area contributed by atoms with Crippen LogP contribution in [0.3, 0.4) is 0 Å². The number of aliphatic hydroxyl groups excluding tert-OH is 1. The maximum atomic E-state index is 13.8. The smallest absolute Gasteiger partial charge is 0.168 e. The fourth-order valence-electron chi connectivity index (χ4n) is 1.76. The Balaban J connectivity index is 2.40. The maximum absolute atomic E-state index is 13.8. The van der Waals surface area contributed by atoms with Crippen molar-refractivity contribution in [2.75, 3.05) is 0 Å². The lowest BCUT2D eigenvalue weighted by Crippen LogP contribution is -1.99. The molecule has 0 unspecified atom stereocenters. The van der Waals surface area contributed by atoms with Crippen LogP contribution in [-0.2, 0) is 0 Å². The Labute approximate surface area is 110 Å². The molecule has 2 rings (SSSR count). The second-order valence-electron chi connectivity index (χ2n) is 4.35. The lowest BCUT2D eigenvalue weighted by molar-refractivity contribution is 0.194. The number of aryl methyl sites for hydroxylation is 1. The fraction of sp³-hybridized carbons (Fsp3) is 0.200. The molecule has 100 valence electrons. The van der Waals surface area contributed by atoms with Crippen molar-refractivity contribution in [3.05, 3.63) is 59.2 Å². The first-order chi connectivity index (χ1) is 8.99. The summed E-state index contributed by atoms with van der Waals surface area (Å²) in [5, 5.41) is 9.60. The average Bonchev–Trinajstić information content (AvgIpc) is 2.36. The molecule has 0 aliphatic carbocycles. The van der Waals surface area contributed by atoms with E-state index >= 15 is 0 Å². The second-order valence-corrected chi connectivity index (χ2v) is 4.35. The molecule has 19 heavy (non-hydrogen) atoms. The van der Waals surface area contributed by atoms with Crippen LogP contribution in [-0.4, -0.2) is 5.11 Å². The number of benzene rings is 2. The Morgan fingerprint density at radius 1 is 1.11 bits per heavy atom. The highest BCUT2D eigenvalue weighted by atomic mass is 19.1. The highest BCUT2D eigenvalue weighted by Gasteiger charge is 2.15. The Kier molecular flexibility index (Phi) is 3.81. The van der Waals surface area contributed by atoms with Gasteiger partial charge in [0.1, 0.15) is 11.6 Å². The van der Waals surface area contributed by atoms with Gasteiger partial charge >= 0.3 is 0 Å². The number of aliphatic hydroxyl groups is 1. The third kappa shape index (κ3) is 2.90. The summed E-state index contributed by atoms with van der Waals surface area (Å²) in [6, 6.07) is 8.49. The molecular formula is C15H14F2O2. The first kappa shape index (κ1) is 13.5. The number of rotatable bonds is 3. The van der Waals surface area contributed by atoms with Gasteiger partial charge in [0, 0.05) is 5.56 Å². The second kappa shape index (κ2) is 5.36. The third-order valence-corrected chi connectivity index (χ3v) is 2.80. The fourth-order valence-corrected chi connectivity index (χ4v) is 1.76. The molecule has 2 nitrogen and oxygen atoms in total. The highest BCUT2D eigenvalue weighted by Crippen LogP contribution is 2.32. The number of ether oxygens (including phenoxy) is 1. The van der Waals surface area contributed by atoms with E-state index in [9.17, 15) is 13.9 Å². The summed E-state index contributed by atoms with van der Waals surface area (Å²) >= 11 is 0. The van der Waals surface area contributed by atoms with Crippen LogP contribution in [0.25, 0.3) is 0 Å². The minimum absolute atomic E-state index is 0.0384. The van der Waals surface area contributed by atoms with Crippen molar-refractivity contribution in [3.63, 3.8) is 0 Å². The molecule has 1 N–H and O–H groups in total. The van der Waals surface area contributed by atoms with Crippen LogP contribution in [0, 0.1) is 18.6 Å². The van der Waals surface area contributed by atoms with Gasteiger partial charge in [-0.2, -0.15) is 0 Å². The van der Waals surface area contributed by atoms with Crippen LogP contribution in [0.2, 0.25) is 0 Å². The molecule has 0 aromatic heterocycles. The Hall–Kier alpha value is -1.94. The molecule has 0 aliphatic heterocycles. The van der Waals surface area contributed by atoms with Gasteiger partial charge in [0.2, 0.25) is 0 Å². The van der Waals surface area contributed by atoms with Gasteiger partial charge in [0.25, 0.3) is 0 Å². The van der Waals surface area contributed by atoms with E-state index in [0.717, 1.165) is 0 Å². The van der Waals surface area contributed by atoms with Crippen molar-refractivity contribution in [1.29, 1.82) is 0 Å². The molecule has 0 spiro atoms. The molecule has 0 radical (unpaired) electrons. The SMILES string of the molecule is Cc1cc(Oc2c(F)cccc2[C@@H](C)O)ccc1F. The van der Waals surface area contributed by atoms with Crippen molar-refractivity contribution >= 4 is 0 Å². The first-order valence-electron chi connectivity index (χ1n) is 5.89. The lowest BCUT2D eigenvalue weighted by atomic mass is 10.1. The summed E-state index contributed by atoms with van der Waals surface area (Å²) in [5.41, 5.74) is 0.759. The van der Waals surface area contributed by atoms with E-state index in [2.05, 4.69) is 0 Å². The van der Waals surface area contributed by atoms with E-state index in [1.807, 2.05) is 0 Å². The minimum atomic E-state index is -0.854. The molecule has 2 aromatic rings. The van der Waals surface area contributed by atoms with Gasteiger partial charge in [-0.3, -0.25) is 0 Å². The molecule has 0 amide bonds. The van der Waals surface area contributed by atoms with Gasteiger partial charge in [-0.15, -0.1) is 0 Å². The summed E-state index contributed by atoms with van der Waals surface area (Å²) < 4.78 is 32.4. The summed E-state index contributed by atoms with van der Waals surface area (Å²) in [7, 11) is 0. The first-order valence-corrected chi connectivity index (χ1v) is 5.89. The van der Waals surface area contributed by atoms with Gasteiger partial charge in [-0.1, -0.05) is 12.1 Å². The molecule has 2 aromatic carbocycles. The zero-order chi connectivity index (χ0) is 14.0. The molecule has 0 heterocycles. The molecule has 4 heteroatoms. The predicted octanol–water partition coefficient (Wildman–Crippen LogP) is 4.12. The van der Waals surface area contributed by atoms with Gasteiger partial charge < -0.3 is 9.84 Å². The van der Waals surface area contributed by atoms with E-state index in [4.69, 9.17) is 4.74 Å². The number of hydrogen-bond donors (Lipinski definition) is 1. The average molecular weight is 264 g/mol. The summed E-state index contributed by atoms with van der Waals surface area (Å²) in [5.74, 6) is -0.633. The minimum Gasteiger partial charge on any atom is -0.454 e. The quantitative estimate of drug-likeness (QED) is 0.903. The molecule has 0 saturated heterocycles. The third-order valence-electron chi connectivity index (χ3n) is 2.80. The molecule has 0 aliphatic rings. The van der Waals surface area contributed by atoms with Crippen molar-refractivity contribution in [2.24, 2.45) is 0 Å². The predicted molar refractivity (Wildman–Crippen MR) is 68.2 cm³/mol. The van der Waals surface area contributed by atoms with Crippen LogP contribution >= 0.6 is 0 Å². The van der Waals surface area contributed by atoms with Crippen LogP contribution in [0.1, 0.15) is 24.2 Å². The number of hydrogen-bond acceptors (Lipinski definition) is 2. The van der Waals surface area contributed by atoms with E-state index < -0.39 is 11.9 Å². The topological polar surface area (TPSA) is 29.5 Å². The Morgan fingerprint density at radius 2 is 1.84 bits per heavy atom. The largest absolute Gasteiger partial charge is 0.454 e. The van der Waals surface area contributed by atoms with Gasteiger partial charge in [-0.05, 0) is 43.7 Å². The molecule has 0 fully saturated rings. The zero-order valence-corrected chi connectivity index (χ0v) is 10.7. The van der Waals surface area contributed by atoms with Crippen molar-refractivity contribution in [1.82, 2.24) is 0 Å². The Morgan fingerprint density at radius 3 is 2.47 bits per heavy atom. The van der Waals surface area contributed by atoms with Crippen LogP contribution in [0.15, 0.2) is 36.4 Å². The highest BCUT2D eigenvalue weighted by molar-refractivity contribution is 5.41. The summed E-state index contributed by atoms with van der Waals surface area (Å²) in [6.45, 7) is 3.12. The zero-order valence-electron chi connectivity index (χ0n) is 10.7. The van der Waals surface area contributed by atoms with Crippen molar-refractivity contribution in [3.8, 4) is 11.5 Å². The lowest BCUT2D eigenvalue weighted by Gasteiger charge is -2.14. The molecular weight excluding hydrogens is 250 g/mol. The molecule has 0 saturated carbocycles.